The summed E-state index contributed by atoms with van der Waals surface area (Å²) in [6.45, 7) is 0.548. The van der Waals surface area contributed by atoms with Gasteiger partial charge in [-0.1, -0.05) is 18.2 Å². The Labute approximate surface area is 111 Å². The number of pyridine rings is 1. The summed E-state index contributed by atoms with van der Waals surface area (Å²) < 4.78 is 0. The van der Waals surface area contributed by atoms with Crippen molar-refractivity contribution in [2.45, 2.75) is 13.0 Å². The molecule has 0 radical (unpaired) electrons. The van der Waals surface area contributed by atoms with Gasteiger partial charge in [0, 0.05) is 24.0 Å². The summed E-state index contributed by atoms with van der Waals surface area (Å²) in [5.41, 5.74) is 3.26. The highest BCUT2D eigenvalue weighted by molar-refractivity contribution is 6.07. The molecular weight excluding hydrogens is 240 g/mol. The normalized spacial score (nSPS) is 13.4. The number of nitrogens with zero attached hydrogens (tertiary/aromatic N) is 2. The SMILES string of the molecule is O=C(c1ccnc(CO)c1)N1CCc2ccccc21. The smallest absolute Gasteiger partial charge is 0.258 e. The van der Waals surface area contributed by atoms with Crippen molar-refractivity contribution in [1.82, 2.24) is 4.98 Å². The lowest BCUT2D eigenvalue weighted by Crippen LogP contribution is -2.29. The van der Waals surface area contributed by atoms with Gasteiger partial charge in [0.1, 0.15) is 0 Å². The molecule has 19 heavy (non-hydrogen) atoms. The van der Waals surface area contributed by atoms with Gasteiger partial charge in [-0.2, -0.15) is 0 Å². The summed E-state index contributed by atoms with van der Waals surface area (Å²) in [4.78, 5) is 18.3. The van der Waals surface area contributed by atoms with Crippen LogP contribution in [0.2, 0.25) is 0 Å². The third kappa shape index (κ3) is 2.11. The molecule has 3 rings (SSSR count). The van der Waals surface area contributed by atoms with Gasteiger partial charge in [0.25, 0.3) is 5.91 Å². The van der Waals surface area contributed by atoms with Crippen LogP contribution in [0.25, 0.3) is 0 Å². The fraction of sp³-hybridized carbons (Fsp3) is 0.200. The first kappa shape index (κ1) is 11.9. The standard InChI is InChI=1S/C15H14N2O2/c18-10-13-9-12(5-7-16-13)15(19)17-8-6-11-3-1-2-4-14(11)17/h1-5,7,9,18H,6,8,10H2. The molecule has 4 heteroatoms. The molecule has 1 aromatic heterocycles. The zero-order valence-electron chi connectivity index (χ0n) is 10.4. The lowest BCUT2D eigenvalue weighted by Gasteiger charge is -2.17. The van der Waals surface area contributed by atoms with Crippen molar-refractivity contribution in [3.8, 4) is 0 Å². The molecule has 0 saturated carbocycles. The van der Waals surface area contributed by atoms with Gasteiger partial charge in [0.15, 0.2) is 0 Å². The first-order chi connectivity index (χ1) is 9.29. The molecule has 0 unspecified atom stereocenters. The zero-order valence-corrected chi connectivity index (χ0v) is 10.4. The Kier molecular flexibility index (Phi) is 3.01. The second-order valence-corrected chi connectivity index (χ2v) is 4.53. The predicted octanol–water partition coefficient (Wildman–Crippen LogP) is 1.78. The van der Waals surface area contributed by atoms with Crippen LogP contribution in [-0.4, -0.2) is 22.5 Å². The van der Waals surface area contributed by atoms with Crippen LogP contribution in [0.5, 0.6) is 0 Å². The molecular formula is C15H14N2O2. The molecule has 1 aliphatic heterocycles. The van der Waals surface area contributed by atoms with Crippen LogP contribution < -0.4 is 4.90 Å². The van der Waals surface area contributed by atoms with E-state index in [2.05, 4.69) is 4.98 Å². The van der Waals surface area contributed by atoms with E-state index in [0.717, 1.165) is 12.1 Å². The van der Waals surface area contributed by atoms with E-state index in [4.69, 9.17) is 5.11 Å². The molecule has 96 valence electrons. The van der Waals surface area contributed by atoms with Crippen LogP contribution in [-0.2, 0) is 13.0 Å². The Morgan fingerprint density at radius 3 is 3.00 bits per heavy atom. The summed E-state index contributed by atoms with van der Waals surface area (Å²) in [6, 6.07) is 11.3. The van der Waals surface area contributed by atoms with Gasteiger partial charge in [-0.25, -0.2) is 0 Å². The number of hydrogen-bond donors (Lipinski definition) is 1. The minimum atomic E-state index is -0.155. The van der Waals surface area contributed by atoms with E-state index in [9.17, 15) is 4.79 Å². The minimum absolute atomic E-state index is 0.0398. The molecule has 0 aliphatic carbocycles. The molecule has 1 N–H and O–H groups in total. The molecule has 2 aromatic rings. The molecule has 0 atom stereocenters. The summed E-state index contributed by atoms with van der Waals surface area (Å²) in [5.74, 6) is -0.0398. The van der Waals surface area contributed by atoms with E-state index in [-0.39, 0.29) is 12.5 Å². The first-order valence-electron chi connectivity index (χ1n) is 6.25. The van der Waals surface area contributed by atoms with Crippen LogP contribution >= 0.6 is 0 Å². The van der Waals surface area contributed by atoms with Crippen LogP contribution in [0.3, 0.4) is 0 Å². The molecule has 1 aliphatic rings. The number of carbonyl (C=O) groups is 1. The maximum atomic E-state index is 12.5. The highest BCUT2D eigenvalue weighted by Gasteiger charge is 2.25. The van der Waals surface area contributed by atoms with Gasteiger partial charge in [-0.15, -0.1) is 0 Å². The molecule has 1 amide bonds. The molecule has 0 bridgehead atoms. The van der Waals surface area contributed by atoms with Gasteiger partial charge < -0.3 is 10.0 Å². The number of hydrogen-bond acceptors (Lipinski definition) is 3. The quantitative estimate of drug-likeness (QED) is 0.888. The Balaban J connectivity index is 1.93. The third-order valence-corrected chi connectivity index (χ3v) is 3.36. The molecule has 0 saturated heterocycles. The third-order valence-electron chi connectivity index (χ3n) is 3.36. The monoisotopic (exact) mass is 254 g/mol. The number of amides is 1. The number of benzene rings is 1. The van der Waals surface area contributed by atoms with Crippen LogP contribution in [0, 0.1) is 0 Å². The second-order valence-electron chi connectivity index (χ2n) is 4.53. The van der Waals surface area contributed by atoms with Crippen molar-refractivity contribution in [3.05, 3.63) is 59.4 Å². The zero-order chi connectivity index (χ0) is 13.2. The minimum Gasteiger partial charge on any atom is -0.390 e. The van der Waals surface area contributed by atoms with Crippen LogP contribution in [0.4, 0.5) is 5.69 Å². The Bertz CT molecular complexity index is 625. The fourth-order valence-corrected chi connectivity index (χ4v) is 2.40. The summed E-state index contributed by atoms with van der Waals surface area (Å²) >= 11 is 0. The molecule has 2 heterocycles. The van der Waals surface area contributed by atoms with E-state index in [1.54, 1.807) is 23.2 Å². The Morgan fingerprint density at radius 1 is 1.32 bits per heavy atom. The van der Waals surface area contributed by atoms with E-state index in [0.29, 0.717) is 17.8 Å². The van der Waals surface area contributed by atoms with E-state index < -0.39 is 0 Å². The van der Waals surface area contributed by atoms with Crippen molar-refractivity contribution >= 4 is 11.6 Å². The molecule has 0 fully saturated rings. The van der Waals surface area contributed by atoms with Crippen molar-refractivity contribution in [1.29, 1.82) is 0 Å². The predicted molar refractivity (Wildman–Crippen MR) is 72.0 cm³/mol. The molecule has 4 nitrogen and oxygen atoms in total. The first-order valence-corrected chi connectivity index (χ1v) is 6.25. The summed E-state index contributed by atoms with van der Waals surface area (Å²) in [7, 11) is 0. The average molecular weight is 254 g/mol. The number of aromatic nitrogens is 1. The highest BCUT2D eigenvalue weighted by Crippen LogP contribution is 2.28. The van der Waals surface area contributed by atoms with Gasteiger partial charge in [0.05, 0.1) is 12.3 Å². The Morgan fingerprint density at radius 2 is 2.16 bits per heavy atom. The van der Waals surface area contributed by atoms with Gasteiger partial charge in [0.2, 0.25) is 0 Å². The van der Waals surface area contributed by atoms with E-state index >= 15 is 0 Å². The fourth-order valence-electron chi connectivity index (χ4n) is 2.40. The van der Waals surface area contributed by atoms with Crippen LogP contribution in [0.15, 0.2) is 42.6 Å². The summed E-state index contributed by atoms with van der Waals surface area (Å²) in [6.07, 6.45) is 2.45. The summed E-state index contributed by atoms with van der Waals surface area (Å²) in [5, 5.41) is 9.08. The number of anilines is 1. The molecule has 0 spiro atoms. The van der Waals surface area contributed by atoms with E-state index in [1.807, 2.05) is 24.3 Å². The number of rotatable bonds is 2. The Hall–Kier alpha value is -2.20. The topological polar surface area (TPSA) is 53.4 Å². The lowest BCUT2D eigenvalue weighted by atomic mass is 10.1. The van der Waals surface area contributed by atoms with Crippen molar-refractivity contribution in [2.75, 3.05) is 11.4 Å². The van der Waals surface area contributed by atoms with Crippen LogP contribution in [0.1, 0.15) is 21.6 Å². The second kappa shape index (κ2) is 4.82. The lowest BCUT2D eigenvalue weighted by molar-refractivity contribution is 0.0989. The number of fused-ring (bicyclic) bond motifs is 1. The number of para-hydroxylation sites is 1. The van der Waals surface area contributed by atoms with Crippen molar-refractivity contribution < 1.29 is 9.90 Å². The number of carbonyl (C=O) groups excluding carboxylic acids is 1. The highest BCUT2D eigenvalue weighted by atomic mass is 16.3. The number of aliphatic hydroxyl groups excluding tert-OH is 1. The largest absolute Gasteiger partial charge is 0.390 e. The van der Waals surface area contributed by atoms with Crippen molar-refractivity contribution in [2.24, 2.45) is 0 Å². The number of aliphatic hydroxyl groups is 1. The average Bonchev–Trinajstić information content (AvgIpc) is 2.90. The van der Waals surface area contributed by atoms with Gasteiger partial charge in [-0.05, 0) is 30.2 Å². The molecule has 1 aromatic carbocycles. The van der Waals surface area contributed by atoms with E-state index in [1.165, 1.54) is 5.56 Å². The van der Waals surface area contributed by atoms with Gasteiger partial charge in [-0.3, -0.25) is 9.78 Å². The van der Waals surface area contributed by atoms with Crippen molar-refractivity contribution in [3.63, 3.8) is 0 Å². The van der Waals surface area contributed by atoms with Gasteiger partial charge >= 0.3 is 0 Å². The maximum Gasteiger partial charge on any atom is 0.258 e. The maximum absolute atomic E-state index is 12.5.